The molecular formula is C10H20BiO4. The molecule has 0 unspecified atom stereocenters. The molecule has 0 amide bonds. The van der Waals surface area contributed by atoms with Gasteiger partial charge in [0.05, 0.1) is 0 Å². The Morgan fingerprint density at radius 2 is 1.67 bits per heavy atom. The zero-order valence-electron chi connectivity index (χ0n) is 9.28. The molecule has 15 heavy (non-hydrogen) atoms. The predicted molar refractivity (Wildman–Crippen MR) is 58.3 cm³/mol. The Kier molecular flexibility index (Phi) is 19.3. The van der Waals surface area contributed by atoms with Crippen molar-refractivity contribution < 1.29 is 17.5 Å². The fourth-order valence-electron chi connectivity index (χ4n) is 1.14. The van der Waals surface area contributed by atoms with Gasteiger partial charge in [0, 0.05) is 6.61 Å². The minimum atomic E-state index is -0.883. The van der Waals surface area contributed by atoms with Crippen molar-refractivity contribution in [1.29, 1.82) is 0 Å². The number of carboxylic acids is 1. The summed E-state index contributed by atoms with van der Waals surface area (Å²) < 4.78 is 13.3. The van der Waals surface area contributed by atoms with E-state index in [0.29, 0.717) is 6.61 Å². The van der Waals surface area contributed by atoms with E-state index in [4.69, 9.17) is 12.7 Å². The summed E-state index contributed by atoms with van der Waals surface area (Å²) in [5, 5.41) is 8.26. The van der Waals surface area contributed by atoms with Gasteiger partial charge < -0.3 is 9.84 Å². The van der Waals surface area contributed by atoms with E-state index in [0.717, 1.165) is 12.8 Å². The van der Waals surface area contributed by atoms with Crippen LogP contribution in [0.5, 0.6) is 0 Å². The fourth-order valence-corrected chi connectivity index (χ4v) is 1.14. The molecule has 0 rings (SSSR count). The third-order valence-corrected chi connectivity index (χ3v) is 1.87. The number of ether oxygens (including phenoxy) is 1. The topological polar surface area (TPSA) is 63.6 Å². The van der Waals surface area contributed by atoms with E-state index < -0.39 is 5.97 Å². The first kappa shape index (κ1) is 17.5. The number of rotatable bonds is 9. The van der Waals surface area contributed by atoms with Gasteiger partial charge in [-0.2, -0.15) is 0 Å². The Balaban J connectivity index is 0. The summed E-state index contributed by atoms with van der Waals surface area (Å²) in [5.74, 6) is -0.883. The standard InChI is InChI=1S/C10H20O3.Bi.O/c1-2-3-4-5-6-7-8-13-9-10(11)12;;/h2-9H2,1H3,(H,11,12);;. The average molecular weight is 413 g/mol. The molecule has 1 N–H and O–H groups in total. The van der Waals surface area contributed by atoms with Gasteiger partial charge in [0.1, 0.15) is 6.61 Å². The van der Waals surface area contributed by atoms with Gasteiger partial charge in [-0.3, -0.25) is 0 Å². The number of aliphatic carboxylic acids is 1. The first-order valence-electron chi connectivity index (χ1n) is 5.25. The van der Waals surface area contributed by atoms with Crippen molar-refractivity contribution in [3.63, 3.8) is 0 Å². The number of carbonyl (C=O) groups is 1. The van der Waals surface area contributed by atoms with Crippen molar-refractivity contribution in [2.75, 3.05) is 13.2 Å². The molecule has 4 nitrogen and oxygen atoms in total. The summed E-state index contributed by atoms with van der Waals surface area (Å²) in [5.41, 5.74) is 0. The molecule has 0 aromatic carbocycles. The van der Waals surface area contributed by atoms with Crippen LogP contribution in [-0.4, -0.2) is 49.0 Å². The summed E-state index contributed by atoms with van der Waals surface area (Å²) in [4.78, 5) is 10.0. The van der Waals surface area contributed by atoms with Crippen LogP contribution in [-0.2, 0) is 12.3 Å². The quantitative estimate of drug-likeness (QED) is 0.464. The second-order valence-corrected chi connectivity index (χ2v) is 3.21. The maximum atomic E-state index is 10.0. The van der Waals surface area contributed by atoms with Crippen LogP contribution in [0, 0.1) is 0 Å². The summed E-state index contributed by atoms with van der Waals surface area (Å²) in [6.45, 7) is 2.61. The van der Waals surface area contributed by atoms with Crippen molar-refractivity contribution in [1.82, 2.24) is 0 Å². The number of unbranched alkanes of at least 4 members (excludes halogenated alkanes) is 5. The molecule has 0 aliphatic heterocycles. The molecule has 0 spiro atoms. The van der Waals surface area contributed by atoms with Gasteiger partial charge in [0.2, 0.25) is 0 Å². The molecular weight excluding hydrogens is 393 g/mol. The molecule has 0 aliphatic rings. The second kappa shape index (κ2) is 16.5. The predicted octanol–water partition coefficient (Wildman–Crippen LogP) is 1.95. The minimum absolute atomic E-state index is 0.158. The van der Waals surface area contributed by atoms with Crippen LogP contribution in [0.1, 0.15) is 45.4 Å². The van der Waals surface area contributed by atoms with E-state index in [1.807, 2.05) is 0 Å². The average Bonchev–Trinajstić information content (AvgIpc) is 2.24. The van der Waals surface area contributed by atoms with E-state index in [-0.39, 0.29) is 31.3 Å². The molecule has 0 aliphatic carbocycles. The molecule has 0 aromatic rings. The molecule has 0 saturated carbocycles. The Labute approximate surface area is 107 Å². The number of carboxylic acid groups (broad SMARTS) is 1. The number of hydrogen-bond donors (Lipinski definition) is 1. The van der Waals surface area contributed by atoms with Gasteiger partial charge in [0.15, 0.2) is 0 Å². The van der Waals surface area contributed by atoms with Crippen LogP contribution in [0.2, 0.25) is 0 Å². The van der Waals surface area contributed by atoms with E-state index in [1.54, 1.807) is 0 Å². The van der Waals surface area contributed by atoms with Crippen molar-refractivity contribution in [2.24, 2.45) is 0 Å². The van der Waals surface area contributed by atoms with Crippen molar-refractivity contribution in [2.45, 2.75) is 45.4 Å². The monoisotopic (exact) mass is 413 g/mol. The third kappa shape index (κ3) is 20.2. The van der Waals surface area contributed by atoms with Crippen molar-refractivity contribution >= 4 is 30.7 Å². The number of hydrogen-bond acceptors (Lipinski definition) is 3. The van der Waals surface area contributed by atoms with E-state index in [1.165, 1.54) is 25.7 Å². The molecule has 0 bridgehead atoms. The summed E-state index contributed by atoms with van der Waals surface area (Å²) in [6, 6.07) is 0. The van der Waals surface area contributed by atoms with Gasteiger partial charge in [-0.05, 0) is 6.42 Å². The van der Waals surface area contributed by atoms with Crippen LogP contribution in [0.15, 0.2) is 0 Å². The molecule has 0 saturated heterocycles. The first-order valence-corrected chi connectivity index (χ1v) is 6.67. The third-order valence-electron chi connectivity index (χ3n) is 1.87. The summed E-state index contributed by atoms with van der Waals surface area (Å²) in [7, 11) is 0. The van der Waals surface area contributed by atoms with E-state index >= 15 is 0 Å². The van der Waals surface area contributed by atoms with E-state index in [2.05, 4.69) is 6.92 Å². The molecule has 5 heteroatoms. The van der Waals surface area contributed by atoms with Crippen LogP contribution >= 0.6 is 0 Å². The van der Waals surface area contributed by atoms with Crippen LogP contribution in [0.4, 0.5) is 0 Å². The Morgan fingerprint density at radius 3 is 2.20 bits per heavy atom. The first-order chi connectivity index (χ1) is 7.27. The van der Waals surface area contributed by atoms with Gasteiger partial charge in [-0.15, -0.1) is 0 Å². The molecule has 0 aromatic heterocycles. The van der Waals surface area contributed by atoms with Crippen LogP contribution < -0.4 is 0 Å². The van der Waals surface area contributed by atoms with Gasteiger partial charge in [-0.1, -0.05) is 39.0 Å². The maximum absolute atomic E-state index is 10.0. The molecule has 0 atom stereocenters. The second-order valence-electron chi connectivity index (χ2n) is 3.21. The van der Waals surface area contributed by atoms with Gasteiger partial charge in [0.25, 0.3) is 0 Å². The fraction of sp³-hybridized carbons (Fsp3) is 0.900. The van der Waals surface area contributed by atoms with Crippen molar-refractivity contribution in [3.05, 3.63) is 0 Å². The van der Waals surface area contributed by atoms with Gasteiger partial charge in [-0.25, -0.2) is 4.79 Å². The van der Waals surface area contributed by atoms with Crippen LogP contribution in [0.3, 0.4) is 0 Å². The summed E-state index contributed by atoms with van der Waals surface area (Å²) >= 11 is 0.194. The zero-order chi connectivity index (χ0) is 11.9. The SMILES string of the molecule is CCCCCCCCOCC(=O)O.[O]=[Bi]. The Morgan fingerprint density at radius 1 is 1.13 bits per heavy atom. The summed E-state index contributed by atoms with van der Waals surface area (Å²) in [6.07, 6.45) is 7.22. The van der Waals surface area contributed by atoms with E-state index in [9.17, 15) is 4.79 Å². The molecule has 0 fully saturated rings. The molecule has 1 radical (unpaired) electrons. The normalized spacial score (nSPS) is 9.13. The zero-order valence-corrected chi connectivity index (χ0v) is 12.8. The molecule has 0 heterocycles. The Bertz CT molecular complexity index is 141. The Hall–Kier alpha value is 0.113. The van der Waals surface area contributed by atoms with Gasteiger partial charge >= 0.3 is 33.5 Å². The van der Waals surface area contributed by atoms with Crippen molar-refractivity contribution in [3.8, 4) is 0 Å². The van der Waals surface area contributed by atoms with Crippen LogP contribution in [0.25, 0.3) is 0 Å². The molecule has 89 valence electrons.